The van der Waals surface area contributed by atoms with Gasteiger partial charge >= 0.3 is 0 Å². The second-order valence-corrected chi connectivity index (χ2v) is 3.64. The Bertz CT molecular complexity index is 119. The first-order valence-corrected chi connectivity index (χ1v) is 4.71. The second kappa shape index (κ2) is 5.51. The van der Waals surface area contributed by atoms with Crippen LogP contribution in [-0.4, -0.2) is 45.4 Å². The summed E-state index contributed by atoms with van der Waals surface area (Å²) >= 11 is 0. The molecule has 1 aliphatic rings. The van der Waals surface area contributed by atoms with Crippen molar-refractivity contribution in [1.82, 2.24) is 10.2 Å². The average Bonchev–Trinajstić information content (AvgIpc) is 2.45. The number of methoxy groups -OCH3 is 1. The molecule has 1 saturated heterocycles. The summed E-state index contributed by atoms with van der Waals surface area (Å²) in [6.45, 7) is 4.32. The van der Waals surface area contributed by atoms with Gasteiger partial charge in [-0.1, -0.05) is 0 Å². The largest absolute Gasteiger partial charge is 0.370 e. The van der Waals surface area contributed by atoms with Crippen LogP contribution in [0.1, 0.15) is 12.8 Å². The van der Waals surface area contributed by atoms with E-state index in [-0.39, 0.29) is 0 Å². The van der Waals surface area contributed by atoms with Crippen LogP contribution >= 0.6 is 0 Å². The monoisotopic (exact) mass is 172 g/mol. The molecule has 0 amide bonds. The number of likely N-dealkylation sites (tertiary alicyclic amines) is 1. The van der Waals surface area contributed by atoms with Gasteiger partial charge in [-0.15, -0.1) is 0 Å². The summed E-state index contributed by atoms with van der Waals surface area (Å²) in [6, 6.07) is 0. The highest BCUT2D eigenvalue weighted by Gasteiger charge is 2.18. The summed E-state index contributed by atoms with van der Waals surface area (Å²) in [5.41, 5.74) is 0. The number of nitrogens with one attached hydrogen (secondary N) is 1. The van der Waals surface area contributed by atoms with Crippen molar-refractivity contribution in [3.8, 4) is 0 Å². The van der Waals surface area contributed by atoms with Gasteiger partial charge in [0.1, 0.15) is 0 Å². The highest BCUT2D eigenvalue weighted by Crippen LogP contribution is 2.16. The Morgan fingerprint density at radius 1 is 1.58 bits per heavy atom. The van der Waals surface area contributed by atoms with Gasteiger partial charge in [0.05, 0.1) is 6.73 Å². The molecule has 0 radical (unpaired) electrons. The van der Waals surface area contributed by atoms with Gasteiger partial charge in [0.25, 0.3) is 0 Å². The number of rotatable bonds is 5. The van der Waals surface area contributed by atoms with E-state index in [9.17, 15) is 0 Å². The van der Waals surface area contributed by atoms with E-state index in [0.717, 1.165) is 12.5 Å². The summed E-state index contributed by atoms with van der Waals surface area (Å²) in [4.78, 5) is 2.40. The number of ether oxygens (including phenoxy) is 1. The maximum atomic E-state index is 4.91. The molecule has 1 rings (SSSR count). The van der Waals surface area contributed by atoms with Crippen molar-refractivity contribution >= 4 is 0 Å². The molecule has 1 N–H and O–H groups in total. The zero-order valence-electron chi connectivity index (χ0n) is 8.18. The lowest BCUT2D eigenvalue weighted by molar-refractivity contribution is 0.173. The summed E-state index contributed by atoms with van der Waals surface area (Å²) in [6.07, 6.45) is 2.65. The molecule has 3 nitrogen and oxygen atoms in total. The molecule has 3 heteroatoms. The molecule has 0 spiro atoms. The van der Waals surface area contributed by atoms with E-state index >= 15 is 0 Å². The minimum Gasteiger partial charge on any atom is -0.370 e. The van der Waals surface area contributed by atoms with Crippen molar-refractivity contribution in [3.05, 3.63) is 0 Å². The predicted octanol–water partition coefficient (Wildman–Crippen LogP) is 0.522. The van der Waals surface area contributed by atoms with Crippen LogP contribution in [-0.2, 0) is 4.74 Å². The first-order valence-electron chi connectivity index (χ1n) is 4.71. The molecule has 1 heterocycles. The fourth-order valence-electron chi connectivity index (χ4n) is 1.74. The van der Waals surface area contributed by atoms with Gasteiger partial charge in [0, 0.05) is 13.7 Å². The lowest BCUT2D eigenvalue weighted by Crippen LogP contribution is -2.21. The van der Waals surface area contributed by atoms with Crippen molar-refractivity contribution < 1.29 is 4.74 Å². The van der Waals surface area contributed by atoms with Gasteiger partial charge < -0.3 is 9.64 Å². The van der Waals surface area contributed by atoms with E-state index in [1.54, 1.807) is 7.11 Å². The molecule has 72 valence electrons. The fourth-order valence-corrected chi connectivity index (χ4v) is 1.74. The highest BCUT2D eigenvalue weighted by atomic mass is 16.5. The van der Waals surface area contributed by atoms with Crippen LogP contribution in [0.4, 0.5) is 0 Å². The Balaban J connectivity index is 1.93. The second-order valence-electron chi connectivity index (χ2n) is 3.64. The molecular weight excluding hydrogens is 152 g/mol. The quantitative estimate of drug-likeness (QED) is 0.483. The van der Waals surface area contributed by atoms with Gasteiger partial charge in [0.15, 0.2) is 0 Å². The summed E-state index contributed by atoms with van der Waals surface area (Å²) in [5.74, 6) is 0.902. The van der Waals surface area contributed by atoms with Gasteiger partial charge in [-0.25, -0.2) is 0 Å². The van der Waals surface area contributed by atoms with Crippen molar-refractivity contribution in [2.24, 2.45) is 5.92 Å². The van der Waals surface area contributed by atoms with Crippen molar-refractivity contribution in [2.75, 3.05) is 40.5 Å². The first kappa shape index (κ1) is 9.96. The van der Waals surface area contributed by atoms with Gasteiger partial charge in [-0.05, 0) is 38.9 Å². The predicted molar refractivity (Wildman–Crippen MR) is 50.1 cm³/mol. The third-order valence-corrected chi connectivity index (χ3v) is 2.46. The number of hydrogen-bond donors (Lipinski definition) is 1. The van der Waals surface area contributed by atoms with Crippen LogP contribution in [0.3, 0.4) is 0 Å². The third-order valence-electron chi connectivity index (χ3n) is 2.46. The summed E-state index contributed by atoms with van der Waals surface area (Å²) in [5, 5.41) is 3.24. The van der Waals surface area contributed by atoms with Crippen molar-refractivity contribution in [2.45, 2.75) is 12.8 Å². The van der Waals surface area contributed by atoms with Crippen LogP contribution in [0.5, 0.6) is 0 Å². The standard InChI is InChI=1S/C9H20N2O/c1-11-6-4-9(7-11)3-5-10-8-12-2/h9-10H,3-8H2,1-2H3. The third kappa shape index (κ3) is 3.52. The Morgan fingerprint density at radius 2 is 2.42 bits per heavy atom. The minimum absolute atomic E-state index is 0.683. The molecule has 0 aromatic rings. The lowest BCUT2D eigenvalue weighted by atomic mass is 10.1. The van der Waals surface area contributed by atoms with Crippen molar-refractivity contribution in [1.29, 1.82) is 0 Å². The molecule has 1 unspecified atom stereocenters. The van der Waals surface area contributed by atoms with E-state index < -0.39 is 0 Å². The van der Waals surface area contributed by atoms with E-state index in [1.807, 2.05) is 0 Å². The van der Waals surface area contributed by atoms with Crippen LogP contribution in [0.2, 0.25) is 0 Å². The maximum Gasteiger partial charge on any atom is 0.0961 e. The Hall–Kier alpha value is -0.120. The summed E-state index contributed by atoms with van der Waals surface area (Å²) < 4.78 is 4.91. The molecular formula is C9H20N2O. The maximum absolute atomic E-state index is 4.91. The molecule has 1 fully saturated rings. The lowest BCUT2D eigenvalue weighted by Gasteiger charge is -2.10. The van der Waals surface area contributed by atoms with Crippen molar-refractivity contribution in [3.63, 3.8) is 0 Å². The minimum atomic E-state index is 0.683. The van der Waals surface area contributed by atoms with Crippen LogP contribution < -0.4 is 5.32 Å². The smallest absolute Gasteiger partial charge is 0.0961 e. The molecule has 1 aliphatic heterocycles. The summed E-state index contributed by atoms with van der Waals surface area (Å²) in [7, 11) is 3.92. The molecule has 0 aliphatic carbocycles. The molecule has 0 saturated carbocycles. The number of hydrogen-bond acceptors (Lipinski definition) is 3. The SMILES string of the molecule is COCNCCC1CCN(C)C1. The molecule has 1 atom stereocenters. The molecule has 0 bridgehead atoms. The first-order chi connectivity index (χ1) is 5.83. The fraction of sp³-hybridized carbons (Fsp3) is 1.00. The topological polar surface area (TPSA) is 24.5 Å². The number of nitrogens with zero attached hydrogens (tertiary/aromatic N) is 1. The van der Waals surface area contributed by atoms with Gasteiger partial charge in [0.2, 0.25) is 0 Å². The van der Waals surface area contributed by atoms with Crippen LogP contribution in [0, 0.1) is 5.92 Å². The molecule has 0 aromatic heterocycles. The zero-order chi connectivity index (χ0) is 8.81. The Labute approximate surface area is 75.1 Å². The zero-order valence-corrected chi connectivity index (χ0v) is 8.18. The van der Waals surface area contributed by atoms with Gasteiger partial charge in [-0.2, -0.15) is 0 Å². The molecule has 12 heavy (non-hydrogen) atoms. The van der Waals surface area contributed by atoms with Crippen LogP contribution in [0.25, 0.3) is 0 Å². The Morgan fingerprint density at radius 3 is 3.00 bits per heavy atom. The highest BCUT2D eigenvalue weighted by molar-refractivity contribution is 4.73. The van der Waals surface area contributed by atoms with E-state index in [1.165, 1.54) is 25.9 Å². The van der Waals surface area contributed by atoms with E-state index in [2.05, 4.69) is 17.3 Å². The average molecular weight is 172 g/mol. The Kier molecular flexibility index (Phi) is 4.58. The van der Waals surface area contributed by atoms with Crippen LogP contribution in [0.15, 0.2) is 0 Å². The van der Waals surface area contributed by atoms with E-state index in [0.29, 0.717) is 6.73 Å². The van der Waals surface area contributed by atoms with E-state index in [4.69, 9.17) is 4.74 Å². The normalized spacial score (nSPS) is 25.0. The van der Waals surface area contributed by atoms with Gasteiger partial charge in [-0.3, -0.25) is 5.32 Å². The molecule has 0 aromatic carbocycles.